The predicted molar refractivity (Wildman–Crippen MR) is 89.9 cm³/mol. The summed E-state index contributed by atoms with van der Waals surface area (Å²) in [6.07, 6.45) is 1.35. The molecule has 27 heavy (non-hydrogen) atoms. The number of para-hydroxylation sites is 1. The molecular formula is C17H15FN4O5. The number of imide groups is 2. The molecule has 2 heterocycles. The molecule has 6 amide bonds. The number of carbonyl (C=O) groups is 4. The molecule has 0 saturated carbocycles. The highest BCUT2D eigenvalue weighted by Crippen LogP contribution is 2.28. The average Bonchev–Trinajstić information content (AvgIpc) is 3.22. The normalized spacial score (nSPS) is 19.0. The molecule has 1 saturated heterocycles. The highest BCUT2D eigenvalue weighted by molar-refractivity contribution is 6.10. The molecule has 1 unspecified atom stereocenters. The number of nitrogens with one attached hydrogen (secondary N) is 3. The SMILES string of the molecule is CC1(c2ccco2)NC(=O)N(CC(=O)NC(=O)Nc2ccccc2F)C1=O. The predicted octanol–water partition coefficient (Wildman–Crippen LogP) is 1.53. The van der Waals surface area contributed by atoms with Crippen LogP contribution >= 0.6 is 0 Å². The summed E-state index contributed by atoms with van der Waals surface area (Å²) in [5.41, 5.74) is -1.57. The highest BCUT2D eigenvalue weighted by Gasteiger charge is 2.51. The van der Waals surface area contributed by atoms with Crippen molar-refractivity contribution in [2.45, 2.75) is 12.5 Å². The largest absolute Gasteiger partial charge is 0.466 e. The first-order chi connectivity index (χ1) is 12.8. The molecule has 0 spiro atoms. The summed E-state index contributed by atoms with van der Waals surface area (Å²) in [7, 11) is 0. The minimum Gasteiger partial charge on any atom is -0.466 e. The van der Waals surface area contributed by atoms with Gasteiger partial charge in [0.25, 0.3) is 5.91 Å². The quantitative estimate of drug-likeness (QED) is 0.701. The first-order valence-electron chi connectivity index (χ1n) is 7.84. The van der Waals surface area contributed by atoms with Crippen molar-refractivity contribution in [2.75, 3.05) is 11.9 Å². The van der Waals surface area contributed by atoms with E-state index in [0.29, 0.717) is 4.90 Å². The fourth-order valence-corrected chi connectivity index (χ4v) is 2.60. The molecule has 1 aromatic carbocycles. The number of furan rings is 1. The lowest BCUT2D eigenvalue weighted by molar-refractivity contribution is -0.135. The number of carbonyl (C=O) groups excluding carboxylic acids is 4. The molecule has 0 aliphatic carbocycles. The summed E-state index contributed by atoms with van der Waals surface area (Å²) < 4.78 is 18.7. The minimum atomic E-state index is -1.45. The maximum absolute atomic E-state index is 13.5. The Morgan fingerprint density at radius 1 is 1.22 bits per heavy atom. The molecule has 3 N–H and O–H groups in total. The van der Waals surface area contributed by atoms with Gasteiger partial charge in [-0.2, -0.15) is 0 Å². The van der Waals surface area contributed by atoms with Crippen molar-refractivity contribution in [3.05, 3.63) is 54.2 Å². The van der Waals surface area contributed by atoms with Crippen LogP contribution in [0.4, 0.5) is 19.7 Å². The van der Waals surface area contributed by atoms with E-state index < -0.39 is 41.8 Å². The Bertz CT molecular complexity index is 914. The molecule has 3 rings (SSSR count). The molecule has 1 aromatic heterocycles. The fraction of sp³-hybridized carbons (Fsp3) is 0.176. The van der Waals surface area contributed by atoms with E-state index in [-0.39, 0.29) is 11.4 Å². The van der Waals surface area contributed by atoms with Crippen LogP contribution in [0.25, 0.3) is 0 Å². The second-order valence-electron chi connectivity index (χ2n) is 5.91. The molecule has 0 radical (unpaired) electrons. The number of amides is 6. The van der Waals surface area contributed by atoms with Crippen LogP contribution in [0.15, 0.2) is 47.1 Å². The number of urea groups is 2. The Morgan fingerprint density at radius 3 is 2.63 bits per heavy atom. The van der Waals surface area contributed by atoms with E-state index in [1.165, 1.54) is 37.5 Å². The van der Waals surface area contributed by atoms with Crippen LogP contribution in [-0.2, 0) is 15.1 Å². The molecule has 1 aliphatic heterocycles. The Hall–Kier alpha value is -3.69. The van der Waals surface area contributed by atoms with E-state index in [1.807, 2.05) is 5.32 Å². The van der Waals surface area contributed by atoms with Gasteiger partial charge in [0.1, 0.15) is 18.1 Å². The average molecular weight is 374 g/mol. The van der Waals surface area contributed by atoms with E-state index >= 15 is 0 Å². The van der Waals surface area contributed by atoms with Crippen LogP contribution in [0.1, 0.15) is 12.7 Å². The Morgan fingerprint density at radius 2 is 1.96 bits per heavy atom. The van der Waals surface area contributed by atoms with Crippen molar-refractivity contribution < 1.29 is 28.0 Å². The highest BCUT2D eigenvalue weighted by atomic mass is 19.1. The third-order valence-corrected chi connectivity index (χ3v) is 3.97. The van der Waals surface area contributed by atoms with Crippen molar-refractivity contribution >= 4 is 29.6 Å². The maximum Gasteiger partial charge on any atom is 0.326 e. The van der Waals surface area contributed by atoms with Crippen LogP contribution in [0, 0.1) is 5.82 Å². The van der Waals surface area contributed by atoms with E-state index in [4.69, 9.17) is 4.42 Å². The third kappa shape index (κ3) is 3.50. The summed E-state index contributed by atoms with van der Waals surface area (Å²) in [6.45, 7) is 0.751. The first-order valence-corrected chi connectivity index (χ1v) is 7.84. The summed E-state index contributed by atoms with van der Waals surface area (Å²) in [5.74, 6) is -2.09. The van der Waals surface area contributed by atoms with Gasteiger partial charge in [-0.05, 0) is 31.2 Å². The van der Waals surface area contributed by atoms with Crippen LogP contribution in [0.2, 0.25) is 0 Å². The topological polar surface area (TPSA) is 121 Å². The molecule has 140 valence electrons. The number of rotatable bonds is 4. The molecule has 10 heteroatoms. The number of benzene rings is 1. The van der Waals surface area contributed by atoms with Gasteiger partial charge in [-0.25, -0.2) is 14.0 Å². The maximum atomic E-state index is 13.5. The van der Waals surface area contributed by atoms with Gasteiger partial charge >= 0.3 is 12.1 Å². The molecule has 0 bridgehead atoms. The zero-order chi connectivity index (χ0) is 19.6. The molecule has 2 aromatic rings. The second kappa shape index (κ2) is 6.90. The number of hydrogen-bond acceptors (Lipinski definition) is 5. The zero-order valence-corrected chi connectivity index (χ0v) is 14.1. The third-order valence-electron chi connectivity index (χ3n) is 3.97. The zero-order valence-electron chi connectivity index (χ0n) is 14.1. The lowest BCUT2D eigenvalue weighted by Gasteiger charge is -2.18. The second-order valence-corrected chi connectivity index (χ2v) is 5.91. The van der Waals surface area contributed by atoms with Crippen molar-refractivity contribution in [1.82, 2.24) is 15.5 Å². The Balaban J connectivity index is 1.62. The van der Waals surface area contributed by atoms with Gasteiger partial charge in [0.2, 0.25) is 5.91 Å². The van der Waals surface area contributed by atoms with Crippen LogP contribution in [-0.4, -0.2) is 35.3 Å². The van der Waals surface area contributed by atoms with Gasteiger partial charge in [0.15, 0.2) is 5.54 Å². The van der Waals surface area contributed by atoms with Crippen LogP contribution in [0.3, 0.4) is 0 Å². The molecule has 1 atom stereocenters. The van der Waals surface area contributed by atoms with Gasteiger partial charge in [-0.1, -0.05) is 12.1 Å². The smallest absolute Gasteiger partial charge is 0.326 e. The Labute approximate surface area is 152 Å². The summed E-state index contributed by atoms with van der Waals surface area (Å²) in [6, 6.07) is 6.67. The van der Waals surface area contributed by atoms with E-state index in [1.54, 1.807) is 6.07 Å². The summed E-state index contributed by atoms with van der Waals surface area (Å²) >= 11 is 0. The van der Waals surface area contributed by atoms with E-state index in [0.717, 1.165) is 6.07 Å². The lowest BCUT2D eigenvalue weighted by atomic mass is 9.99. The van der Waals surface area contributed by atoms with Gasteiger partial charge in [0.05, 0.1) is 12.0 Å². The first kappa shape index (κ1) is 18.1. The van der Waals surface area contributed by atoms with Gasteiger partial charge in [0, 0.05) is 0 Å². The van der Waals surface area contributed by atoms with Gasteiger partial charge in [-0.3, -0.25) is 19.8 Å². The van der Waals surface area contributed by atoms with Gasteiger partial charge < -0.3 is 15.1 Å². The van der Waals surface area contributed by atoms with Crippen LogP contribution in [0.5, 0.6) is 0 Å². The van der Waals surface area contributed by atoms with Gasteiger partial charge in [-0.15, -0.1) is 0 Å². The minimum absolute atomic E-state index is 0.122. The summed E-state index contributed by atoms with van der Waals surface area (Å²) in [4.78, 5) is 49.1. The van der Waals surface area contributed by atoms with Crippen molar-refractivity contribution in [3.8, 4) is 0 Å². The van der Waals surface area contributed by atoms with E-state index in [2.05, 4.69) is 10.6 Å². The number of anilines is 1. The van der Waals surface area contributed by atoms with Crippen molar-refractivity contribution in [1.29, 1.82) is 0 Å². The number of hydrogen-bond donors (Lipinski definition) is 3. The monoisotopic (exact) mass is 374 g/mol. The molecule has 9 nitrogen and oxygen atoms in total. The fourth-order valence-electron chi connectivity index (χ4n) is 2.60. The number of halogens is 1. The molecule has 1 aliphatic rings. The standard InChI is InChI=1S/C17H15FN4O5/c1-17(12-7-4-8-27-12)14(24)22(16(26)21-17)9-13(23)20-15(25)19-11-6-3-2-5-10(11)18/h2-8H,9H2,1H3,(H,21,26)(H2,19,20,23,25). The lowest BCUT2D eigenvalue weighted by Crippen LogP contribution is -2.45. The van der Waals surface area contributed by atoms with Crippen molar-refractivity contribution in [3.63, 3.8) is 0 Å². The van der Waals surface area contributed by atoms with E-state index in [9.17, 15) is 23.6 Å². The van der Waals surface area contributed by atoms with Crippen molar-refractivity contribution in [2.24, 2.45) is 0 Å². The summed E-state index contributed by atoms with van der Waals surface area (Å²) in [5, 5.41) is 6.55. The molecule has 1 fully saturated rings. The van der Waals surface area contributed by atoms with Crippen LogP contribution < -0.4 is 16.0 Å². The number of nitrogens with zero attached hydrogens (tertiary/aromatic N) is 1. The Kier molecular flexibility index (Phi) is 4.63. The molecular weight excluding hydrogens is 359 g/mol.